The molecule has 0 aliphatic rings. The van der Waals surface area contributed by atoms with E-state index in [0.717, 1.165) is 23.5 Å². The molecule has 4 nitrogen and oxygen atoms in total. The molecular weight excluding hydrogens is 307 g/mol. The molecule has 0 saturated heterocycles. The van der Waals surface area contributed by atoms with Gasteiger partial charge in [0.2, 0.25) is 5.88 Å². The highest BCUT2D eigenvalue weighted by Gasteiger charge is 2.30. The molecule has 0 aliphatic carbocycles. The van der Waals surface area contributed by atoms with E-state index in [1.165, 1.54) is 12.1 Å². The minimum Gasteiger partial charge on any atom is -0.477 e. The van der Waals surface area contributed by atoms with Crippen molar-refractivity contribution >= 4 is 17.3 Å². The second-order valence-corrected chi connectivity index (χ2v) is 5.36. The molecule has 0 fully saturated rings. The van der Waals surface area contributed by atoms with Crippen LogP contribution < -0.4 is 4.74 Å². The fraction of sp³-hybridized carbons (Fsp3) is 0.231. The van der Waals surface area contributed by atoms with E-state index in [2.05, 4.69) is 4.98 Å². The minimum absolute atomic E-state index is 0.0699. The molecule has 0 amide bonds. The van der Waals surface area contributed by atoms with Crippen molar-refractivity contribution in [3.63, 3.8) is 0 Å². The maximum atomic E-state index is 12.6. The van der Waals surface area contributed by atoms with Crippen LogP contribution >= 0.6 is 11.3 Å². The predicted molar refractivity (Wildman–Crippen MR) is 69.6 cm³/mol. The van der Waals surface area contributed by atoms with E-state index in [1.807, 2.05) is 0 Å². The molecule has 0 aliphatic heterocycles. The Hall–Kier alpha value is -2.09. The number of alkyl halides is 3. The number of ether oxygens (including phenoxy) is 1. The third-order valence-corrected chi connectivity index (χ3v) is 3.47. The number of carboxylic acids is 1. The molecule has 1 aromatic carbocycles. The summed E-state index contributed by atoms with van der Waals surface area (Å²) in [6, 6.07) is 4.65. The first-order valence-corrected chi connectivity index (χ1v) is 6.58. The zero-order chi connectivity index (χ0) is 15.6. The molecule has 0 saturated carbocycles. The number of halogens is 3. The van der Waals surface area contributed by atoms with Gasteiger partial charge in [-0.3, -0.25) is 0 Å². The van der Waals surface area contributed by atoms with Crippen LogP contribution in [0.1, 0.15) is 25.8 Å². The van der Waals surface area contributed by atoms with E-state index in [4.69, 9.17) is 9.84 Å². The van der Waals surface area contributed by atoms with Crippen molar-refractivity contribution in [2.45, 2.75) is 19.7 Å². The molecule has 1 heterocycles. The van der Waals surface area contributed by atoms with Gasteiger partial charge in [0.05, 0.1) is 10.6 Å². The zero-order valence-electron chi connectivity index (χ0n) is 10.8. The molecule has 0 bridgehead atoms. The molecule has 0 spiro atoms. The van der Waals surface area contributed by atoms with Crippen molar-refractivity contribution in [2.75, 3.05) is 0 Å². The Balaban J connectivity index is 2.15. The number of carboxylic acid groups (broad SMARTS) is 1. The quantitative estimate of drug-likeness (QED) is 0.933. The number of aromatic carboxylic acids is 1. The molecule has 0 radical (unpaired) electrons. The molecule has 21 heavy (non-hydrogen) atoms. The highest BCUT2D eigenvalue weighted by atomic mass is 32.1. The molecule has 0 unspecified atom stereocenters. The zero-order valence-corrected chi connectivity index (χ0v) is 11.6. The lowest BCUT2D eigenvalue weighted by molar-refractivity contribution is -0.137. The van der Waals surface area contributed by atoms with E-state index in [0.29, 0.717) is 5.01 Å². The smallest absolute Gasteiger partial charge is 0.416 e. The number of nitrogens with zero attached hydrogens (tertiary/aromatic N) is 1. The van der Waals surface area contributed by atoms with Gasteiger partial charge in [0.15, 0.2) is 4.88 Å². The summed E-state index contributed by atoms with van der Waals surface area (Å²) in [7, 11) is 0. The number of thiazole rings is 1. The maximum absolute atomic E-state index is 12.6. The van der Waals surface area contributed by atoms with Gasteiger partial charge in [0, 0.05) is 0 Å². The first-order chi connectivity index (χ1) is 9.77. The Morgan fingerprint density at radius 1 is 1.43 bits per heavy atom. The van der Waals surface area contributed by atoms with Crippen LogP contribution in [-0.2, 0) is 12.8 Å². The SMILES string of the molecule is Cc1nc(OCc2cccc(C(F)(F)F)c2)c(C(=O)O)s1. The third kappa shape index (κ3) is 3.72. The van der Waals surface area contributed by atoms with Gasteiger partial charge in [0.1, 0.15) is 6.61 Å². The van der Waals surface area contributed by atoms with E-state index in [9.17, 15) is 18.0 Å². The van der Waals surface area contributed by atoms with Crippen molar-refractivity contribution in [3.05, 3.63) is 45.3 Å². The van der Waals surface area contributed by atoms with Crippen LogP contribution in [0.5, 0.6) is 5.88 Å². The summed E-state index contributed by atoms with van der Waals surface area (Å²) in [5.74, 6) is -1.26. The van der Waals surface area contributed by atoms with Crippen molar-refractivity contribution in [1.29, 1.82) is 0 Å². The summed E-state index contributed by atoms with van der Waals surface area (Å²) in [5.41, 5.74) is -0.497. The van der Waals surface area contributed by atoms with Gasteiger partial charge in [-0.25, -0.2) is 9.78 Å². The molecule has 2 rings (SSSR count). The molecule has 2 aromatic rings. The molecule has 8 heteroatoms. The Kier molecular flexibility index (Phi) is 4.17. The van der Waals surface area contributed by atoms with Crippen LogP contribution in [0, 0.1) is 6.92 Å². The Labute approximate surface area is 121 Å². The summed E-state index contributed by atoms with van der Waals surface area (Å²) < 4.78 is 42.9. The molecule has 112 valence electrons. The summed E-state index contributed by atoms with van der Waals surface area (Å²) in [5, 5.41) is 9.47. The van der Waals surface area contributed by atoms with Gasteiger partial charge in [-0.15, -0.1) is 11.3 Å². The largest absolute Gasteiger partial charge is 0.477 e. The fourth-order valence-electron chi connectivity index (χ4n) is 1.63. The second kappa shape index (κ2) is 5.72. The van der Waals surface area contributed by atoms with Gasteiger partial charge in [0.25, 0.3) is 0 Å². The number of rotatable bonds is 4. The van der Waals surface area contributed by atoms with Crippen LogP contribution in [0.15, 0.2) is 24.3 Å². The lowest BCUT2D eigenvalue weighted by atomic mass is 10.1. The van der Waals surface area contributed by atoms with E-state index < -0.39 is 17.7 Å². The number of hydrogen-bond acceptors (Lipinski definition) is 4. The number of hydrogen-bond donors (Lipinski definition) is 1. The molecule has 1 aromatic heterocycles. The van der Waals surface area contributed by atoms with Crippen molar-refractivity contribution in [2.24, 2.45) is 0 Å². The first-order valence-electron chi connectivity index (χ1n) is 5.77. The second-order valence-electron chi connectivity index (χ2n) is 4.16. The maximum Gasteiger partial charge on any atom is 0.416 e. The third-order valence-electron chi connectivity index (χ3n) is 2.53. The summed E-state index contributed by atoms with van der Waals surface area (Å²) in [4.78, 5) is 14.8. The standard InChI is InChI=1S/C13H10F3NO3S/c1-7-17-11(10(21-7)12(18)19)20-6-8-3-2-4-9(5-8)13(14,15)16/h2-5H,6H2,1H3,(H,18,19). The monoisotopic (exact) mass is 317 g/mol. The van der Waals surface area contributed by atoms with Gasteiger partial charge in [-0.1, -0.05) is 12.1 Å². The van der Waals surface area contributed by atoms with Crippen molar-refractivity contribution < 1.29 is 27.8 Å². The minimum atomic E-state index is -4.43. The van der Waals surface area contributed by atoms with Crippen LogP contribution in [0.3, 0.4) is 0 Å². The average molecular weight is 317 g/mol. The molecular formula is C13H10F3NO3S. The van der Waals surface area contributed by atoms with Gasteiger partial charge >= 0.3 is 12.1 Å². The van der Waals surface area contributed by atoms with Crippen LogP contribution in [0.2, 0.25) is 0 Å². The molecule has 1 N–H and O–H groups in total. The summed E-state index contributed by atoms with van der Waals surface area (Å²) >= 11 is 0.949. The van der Waals surface area contributed by atoms with Crippen LogP contribution in [0.4, 0.5) is 13.2 Å². The summed E-state index contributed by atoms with van der Waals surface area (Å²) in [6.07, 6.45) is -4.43. The van der Waals surface area contributed by atoms with Crippen LogP contribution in [0.25, 0.3) is 0 Å². The van der Waals surface area contributed by atoms with E-state index in [-0.39, 0.29) is 22.9 Å². The molecule has 0 atom stereocenters. The summed E-state index contributed by atoms with van der Waals surface area (Å²) in [6.45, 7) is 1.43. The van der Waals surface area contributed by atoms with Gasteiger partial charge in [-0.05, 0) is 24.6 Å². The topological polar surface area (TPSA) is 59.4 Å². The average Bonchev–Trinajstić information content (AvgIpc) is 2.77. The number of carbonyl (C=O) groups is 1. The highest BCUT2D eigenvalue weighted by Crippen LogP contribution is 2.30. The van der Waals surface area contributed by atoms with Crippen LogP contribution in [-0.4, -0.2) is 16.1 Å². The number of aryl methyl sites for hydroxylation is 1. The normalized spacial score (nSPS) is 11.4. The Morgan fingerprint density at radius 2 is 2.14 bits per heavy atom. The van der Waals surface area contributed by atoms with Gasteiger partial charge < -0.3 is 9.84 Å². The van der Waals surface area contributed by atoms with Crippen molar-refractivity contribution in [3.8, 4) is 5.88 Å². The first kappa shape index (κ1) is 15.3. The Morgan fingerprint density at radius 3 is 2.76 bits per heavy atom. The fourth-order valence-corrected chi connectivity index (χ4v) is 2.33. The van der Waals surface area contributed by atoms with Crippen molar-refractivity contribution in [1.82, 2.24) is 4.98 Å². The van der Waals surface area contributed by atoms with E-state index in [1.54, 1.807) is 6.92 Å². The Bertz CT molecular complexity index is 667. The predicted octanol–water partition coefficient (Wildman–Crippen LogP) is 3.75. The lowest BCUT2D eigenvalue weighted by Gasteiger charge is -2.09. The lowest BCUT2D eigenvalue weighted by Crippen LogP contribution is -2.06. The highest BCUT2D eigenvalue weighted by molar-refractivity contribution is 7.13. The number of benzene rings is 1. The van der Waals surface area contributed by atoms with Gasteiger partial charge in [-0.2, -0.15) is 13.2 Å². The number of aromatic nitrogens is 1. The van der Waals surface area contributed by atoms with E-state index >= 15 is 0 Å².